The molecule has 1 saturated heterocycles. The Labute approximate surface area is 87.2 Å². The SMILES string of the molecule is C#CCCCC(N)C1(C)CCCCO1. The summed E-state index contributed by atoms with van der Waals surface area (Å²) in [6.07, 6.45) is 11.5. The Kier molecular flexibility index (Phi) is 4.44. The number of hydrogen-bond acceptors (Lipinski definition) is 2. The van der Waals surface area contributed by atoms with Crippen molar-refractivity contribution in [2.75, 3.05) is 6.61 Å². The third-order valence-electron chi connectivity index (χ3n) is 3.12. The minimum absolute atomic E-state index is 0.104. The van der Waals surface area contributed by atoms with Gasteiger partial charge in [0.2, 0.25) is 0 Å². The van der Waals surface area contributed by atoms with Crippen molar-refractivity contribution in [3.63, 3.8) is 0 Å². The van der Waals surface area contributed by atoms with E-state index in [9.17, 15) is 0 Å². The average molecular weight is 195 g/mol. The summed E-state index contributed by atoms with van der Waals surface area (Å²) in [5.74, 6) is 2.64. The van der Waals surface area contributed by atoms with Gasteiger partial charge in [0.15, 0.2) is 0 Å². The van der Waals surface area contributed by atoms with Gasteiger partial charge in [0, 0.05) is 19.1 Å². The smallest absolute Gasteiger partial charge is 0.0804 e. The molecule has 0 aliphatic carbocycles. The van der Waals surface area contributed by atoms with Gasteiger partial charge in [0.05, 0.1) is 5.60 Å². The van der Waals surface area contributed by atoms with Gasteiger partial charge in [0.25, 0.3) is 0 Å². The van der Waals surface area contributed by atoms with Crippen LogP contribution in [-0.2, 0) is 4.74 Å². The molecule has 80 valence electrons. The zero-order valence-electron chi connectivity index (χ0n) is 9.09. The predicted molar refractivity (Wildman–Crippen MR) is 58.9 cm³/mol. The summed E-state index contributed by atoms with van der Waals surface area (Å²) < 4.78 is 5.78. The summed E-state index contributed by atoms with van der Waals surface area (Å²) in [6.45, 7) is 2.99. The molecule has 1 fully saturated rings. The van der Waals surface area contributed by atoms with Crippen LogP contribution >= 0.6 is 0 Å². The number of rotatable bonds is 4. The number of hydrogen-bond donors (Lipinski definition) is 1. The van der Waals surface area contributed by atoms with Crippen molar-refractivity contribution in [1.29, 1.82) is 0 Å². The first-order valence-electron chi connectivity index (χ1n) is 5.52. The summed E-state index contributed by atoms with van der Waals surface area (Å²) >= 11 is 0. The molecule has 0 saturated carbocycles. The lowest BCUT2D eigenvalue weighted by atomic mass is 9.86. The highest BCUT2D eigenvalue weighted by molar-refractivity contribution is 4.91. The lowest BCUT2D eigenvalue weighted by Crippen LogP contribution is -2.49. The van der Waals surface area contributed by atoms with E-state index in [-0.39, 0.29) is 11.6 Å². The molecule has 2 heteroatoms. The molecule has 0 spiro atoms. The first-order chi connectivity index (χ1) is 6.69. The van der Waals surface area contributed by atoms with Crippen molar-refractivity contribution in [3.8, 4) is 12.3 Å². The third kappa shape index (κ3) is 3.01. The van der Waals surface area contributed by atoms with E-state index >= 15 is 0 Å². The van der Waals surface area contributed by atoms with Gasteiger partial charge in [-0.2, -0.15) is 0 Å². The molecule has 0 amide bonds. The fourth-order valence-corrected chi connectivity index (χ4v) is 1.98. The Morgan fingerprint density at radius 3 is 2.93 bits per heavy atom. The van der Waals surface area contributed by atoms with Crippen molar-refractivity contribution in [2.24, 2.45) is 5.73 Å². The molecule has 14 heavy (non-hydrogen) atoms. The maximum Gasteiger partial charge on any atom is 0.0804 e. The zero-order chi connectivity index (χ0) is 10.4. The number of unbranched alkanes of at least 4 members (excludes halogenated alkanes) is 1. The summed E-state index contributed by atoms with van der Waals surface area (Å²) in [5.41, 5.74) is 6.03. The third-order valence-corrected chi connectivity index (χ3v) is 3.12. The quantitative estimate of drug-likeness (QED) is 0.550. The lowest BCUT2D eigenvalue weighted by molar-refractivity contribution is -0.0825. The molecular formula is C12H21NO. The Bertz CT molecular complexity index is 201. The van der Waals surface area contributed by atoms with Crippen LogP contribution in [-0.4, -0.2) is 18.2 Å². The molecule has 0 aromatic carbocycles. The fourth-order valence-electron chi connectivity index (χ4n) is 1.98. The Hall–Kier alpha value is -0.520. The fraction of sp³-hybridized carbons (Fsp3) is 0.833. The molecule has 2 unspecified atom stereocenters. The number of nitrogens with two attached hydrogens (primary N) is 1. The Balaban J connectivity index is 2.33. The van der Waals surface area contributed by atoms with Gasteiger partial charge < -0.3 is 10.5 Å². The predicted octanol–water partition coefficient (Wildman–Crippen LogP) is 2.08. The van der Waals surface area contributed by atoms with Crippen LogP contribution in [0.5, 0.6) is 0 Å². The van der Waals surface area contributed by atoms with Crippen molar-refractivity contribution >= 4 is 0 Å². The van der Waals surface area contributed by atoms with Crippen LogP contribution in [0, 0.1) is 12.3 Å². The van der Waals surface area contributed by atoms with Crippen LogP contribution < -0.4 is 5.73 Å². The molecule has 2 N–H and O–H groups in total. The standard InChI is InChI=1S/C12H21NO/c1-3-4-5-8-11(13)12(2)9-6-7-10-14-12/h1,11H,4-10,13H2,2H3. The molecule has 0 aromatic heterocycles. The molecule has 0 radical (unpaired) electrons. The topological polar surface area (TPSA) is 35.2 Å². The average Bonchev–Trinajstić information content (AvgIpc) is 2.19. The Morgan fingerprint density at radius 1 is 1.57 bits per heavy atom. The maximum absolute atomic E-state index is 6.13. The maximum atomic E-state index is 6.13. The van der Waals surface area contributed by atoms with Gasteiger partial charge in [-0.1, -0.05) is 0 Å². The highest BCUT2D eigenvalue weighted by Gasteiger charge is 2.33. The van der Waals surface area contributed by atoms with Crippen molar-refractivity contribution < 1.29 is 4.74 Å². The van der Waals surface area contributed by atoms with E-state index in [0.717, 1.165) is 32.3 Å². The second kappa shape index (κ2) is 5.38. The van der Waals surface area contributed by atoms with Crippen molar-refractivity contribution in [1.82, 2.24) is 0 Å². The summed E-state index contributed by atoms with van der Waals surface area (Å²) in [5, 5.41) is 0. The van der Waals surface area contributed by atoms with E-state index in [1.54, 1.807) is 0 Å². The van der Waals surface area contributed by atoms with Crippen LogP contribution in [0.2, 0.25) is 0 Å². The van der Waals surface area contributed by atoms with E-state index in [1.165, 1.54) is 12.8 Å². The molecule has 0 bridgehead atoms. The van der Waals surface area contributed by atoms with E-state index in [0.29, 0.717) is 0 Å². The normalized spacial score (nSPS) is 29.5. The van der Waals surface area contributed by atoms with Gasteiger partial charge >= 0.3 is 0 Å². The van der Waals surface area contributed by atoms with Crippen molar-refractivity contribution in [3.05, 3.63) is 0 Å². The zero-order valence-corrected chi connectivity index (χ0v) is 9.09. The summed E-state index contributed by atoms with van der Waals surface area (Å²) in [6, 6.07) is 0.135. The van der Waals surface area contributed by atoms with Gasteiger partial charge in [-0.05, 0) is 39.0 Å². The van der Waals surface area contributed by atoms with E-state index in [4.69, 9.17) is 16.9 Å². The molecule has 2 atom stereocenters. The molecular weight excluding hydrogens is 174 g/mol. The molecule has 1 rings (SSSR count). The van der Waals surface area contributed by atoms with Crippen LogP contribution in [0.3, 0.4) is 0 Å². The minimum Gasteiger partial charge on any atom is -0.374 e. The van der Waals surface area contributed by atoms with Gasteiger partial charge in [-0.15, -0.1) is 12.3 Å². The molecule has 2 nitrogen and oxygen atoms in total. The molecule has 1 aliphatic heterocycles. The van der Waals surface area contributed by atoms with Crippen molar-refractivity contribution in [2.45, 2.75) is 57.1 Å². The first-order valence-corrected chi connectivity index (χ1v) is 5.52. The van der Waals surface area contributed by atoms with Crippen LogP contribution in [0.15, 0.2) is 0 Å². The van der Waals surface area contributed by atoms with Gasteiger partial charge in [-0.25, -0.2) is 0 Å². The second-order valence-electron chi connectivity index (χ2n) is 4.32. The second-order valence-corrected chi connectivity index (χ2v) is 4.32. The molecule has 1 aliphatic rings. The first kappa shape index (κ1) is 11.6. The number of ether oxygens (including phenoxy) is 1. The molecule has 1 heterocycles. The lowest BCUT2D eigenvalue weighted by Gasteiger charge is -2.38. The highest BCUT2D eigenvalue weighted by atomic mass is 16.5. The van der Waals surface area contributed by atoms with Crippen LogP contribution in [0.4, 0.5) is 0 Å². The van der Waals surface area contributed by atoms with E-state index in [1.807, 2.05) is 0 Å². The monoisotopic (exact) mass is 195 g/mol. The van der Waals surface area contributed by atoms with E-state index in [2.05, 4.69) is 12.8 Å². The number of terminal acetylenes is 1. The minimum atomic E-state index is -0.104. The summed E-state index contributed by atoms with van der Waals surface area (Å²) in [4.78, 5) is 0. The highest BCUT2D eigenvalue weighted by Crippen LogP contribution is 2.28. The Morgan fingerprint density at radius 2 is 2.36 bits per heavy atom. The van der Waals surface area contributed by atoms with Crippen LogP contribution in [0.25, 0.3) is 0 Å². The largest absolute Gasteiger partial charge is 0.374 e. The van der Waals surface area contributed by atoms with E-state index < -0.39 is 0 Å². The van der Waals surface area contributed by atoms with Gasteiger partial charge in [0.1, 0.15) is 0 Å². The molecule has 0 aromatic rings. The van der Waals surface area contributed by atoms with Gasteiger partial charge in [-0.3, -0.25) is 0 Å². The van der Waals surface area contributed by atoms with Crippen LogP contribution in [0.1, 0.15) is 45.4 Å². The summed E-state index contributed by atoms with van der Waals surface area (Å²) in [7, 11) is 0.